The maximum absolute atomic E-state index is 10.3. The lowest BCUT2D eigenvalue weighted by Crippen LogP contribution is -2.41. The summed E-state index contributed by atoms with van der Waals surface area (Å²) >= 11 is 0. The third-order valence-corrected chi connectivity index (χ3v) is 3.58. The number of hydrogen-bond donors (Lipinski definition) is 2. The molecule has 1 saturated carbocycles. The van der Waals surface area contributed by atoms with Gasteiger partial charge in [0.2, 0.25) is 0 Å². The average molecular weight is 237 g/mol. The van der Waals surface area contributed by atoms with E-state index in [0.29, 0.717) is 6.54 Å². The Morgan fingerprint density at radius 3 is 2.82 bits per heavy atom. The number of aryl methyl sites for hydroxylation is 1. The molecule has 0 aromatic carbocycles. The first-order valence-electron chi connectivity index (χ1n) is 6.66. The molecule has 1 aliphatic carbocycles. The molecule has 0 bridgehead atoms. The Morgan fingerprint density at radius 2 is 2.18 bits per heavy atom. The molecule has 1 aliphatic rings. The zero-order valence-corrected chi connectivity index (χ0v) is 10.7. The minimum atomic E-state index is -0.473. The molecule has 0 aliphatic heterocycles. The van der Waals surface area contributed by atoms with Crippen LogP contribution in [0.4, 0.5) is 0 Å². The van der Waals surface area contributed by atoms with Crippen LogP contribution in [0.1, 0.15) is 44.6 Å². The van der Waals surface area contributed by atoms with Gasteiger partial charge >= 0.3 is 0 Å². The van der Waals surface area contributed by atoms with Gasteiger partial charge in [0, 0.05) is 31.4 Å². The quantitative estimate of drug-likeness (QED) is 0.819. The third-order valence-electron chi connectivity index (χ3n) is 3.58. The molecular weight excluding hydrogens is 214 g/mol. The molecule has 0 radical (unpaired) electrons. The predicted molar refractivity (Wildman–Crippen MR) is 67.6 cm³/mol. The van der Waals surface area contributed by atoms with E-state index < -0.39 is 5.60 Å². The molecule has 1 aromatic heterocycles. The predicted octanol–water partition coefficient (Wildman–Crippen LogP) is 1.69. The Morgan fingerprint density at radius 1 is 1.41 bits per heavy atom. The second-order valence-electron chi connectivity index (χ2n) is 5.09. The summed E-state index contributed by atoms with van der Waals surface area (Å²) in [6.45, 7) is 4.48. The van der Waals surface area contributed by atoms with Gasteiger partial charge < -0.3 is 10.4 Å². The molecule has 4 heteroatoms. The highest BCUT2D eigenvalue weighted by molar-refractivity contribution is 5.03. The lowest BCUT2D eigenvalue weighted by Gasteiger charge is -2.32. The topological polar surface area (TPSA) is 50.1 Å². The van der Waals surface area contributed by atoms with Crippen molar-refractivity contribution in [2.75, 3.05) is 6.54 Å². The monoisotopic (exact) mass is 237 g/mol. The van der Waals surface area contributed by atoms with Crippen LogP contribution < -0.4 is 5.32 Å². The molecule has 96 valence electrons. The molecule has 4 nitrogen and oxygen atoms in total. The standard InChI is InChI=1S/C13H23N3O/c1-2-16-10-12(9-15-16)8-14-11-13(17)6-4-3-5-7-13/h9-10,14,17H,2-8,11H2,1H3. The van der Waals surface area contributed by atoms with Gasteiger partial charge in [0.05, 0.1) is 11.8 Å². The molecule has 0 saturated heterocycles. The van der Waals surface area contributed by atoms with Gasteiger partial charge in [0.1, 0.15) is 0 Å². The van der Waals surface area contributed by atoms with Crippen LogP contribution in [0.15, 0.2) is 12.4 Å². The first-order chi connectivity index (χ1) is 8.22. The van der Waals surface area contributed by atoms with E-state index in [1.165, 1.54) is 12.0 Å². The molecule has 2 N–H and O–H groups in total. The Kier molecular flexibility index (Phi) is 4.18. The minimum absolute atomic E-state index is 0.473. The largest absolute Gasteiger partial charge is 0.389 e. The molecule has 1 heterocycles. The van der Waals surface area contributed by atoms with Crippen molar-refractivity contribution in [1.82, 2.24) is 15.1 Å². The van der Waals surface area contributed by atoms with Crippen LogP contribution in [0.2, 0.25) is 0 Å². The fourth-order valence-corrected chi connectivity index (χ4v) is 2.50. The molecule has 0 spiro atoms. The van der Waals surface area contributed by atoms with Crippen LogP contribution in [0.3, 0.4) is 0 Å². The van der Waals surface area contributed by atoms with Crippen LogP contribution in [-0.4, -0.2) is 27.0 Å². The lowest BCUT2D eigenvalue weighted by atomic mass is 9.85. The van der Waals surface area contributed by atoms with E-state index in [0.717, 1.165) is 38.8 Å². The van der Waals surface area contributed by atoms with Gasteiger partial charge in [-0.3, -0.25) is 4.68 Å². The van der Waals surface area contributed by atoms with E-state index in [-0.39, 0.29) is 0 Å². The molecule has 0 atom stereocenters. The van der Waals surface area contributed by atoms with Crippen molar-refractivity contribution in [3.05, 3.63) is 18.0 Å². The van der Waals surface area contributed by atoms with Crippen LogP contribution in [0.5, 0.6) is 0 Å². The van der Waals surface area contributed by atoms with E-state index in [1.54, 1.807) is 0 Å². The van der Waals surface area contributed by atoms with Crippen LogP contribution in [0.25, 0.3) is 0 Å². The number of hydrogen-bond acceptors (Lipinski definition) is 3. The van der Waals surface area contributed by atoms with Gasteiger partial charge in [0.25, 0.3) is 0 Å². The number of aliphatic hydroxyl groups is 1. The van der Waals surface area contributed by atoms with Crippen molar-refractivity contribution in [3.8, 4) is 0 Å². The molecule has 17 heavy (non-hydrogen) atoms. The molecule has 2 rings (SSSR count). The summed E-state index contributed by atoms with van der Waals surface area (Å²) < 4.78 is 1.92. The number of rotatable bonds is 5. The van der Waals surface area contributed by atoms with Crippen LogP contribution in [0, 0.1) is 0 Å². The van der Waals surface area contributed by atoms with Crippen molar-refractivity contribution in [2.24, 2.45) is 0 Å². The van der Waals surface area contributed by atoms with E-state index in [1.807, 2.05) is 10.9 Å². The minimum Gasteiger partial charge on any atom is -0.389 e. The summed E-state index contributed by atoms with van der Waals surface area (Å²) in [5.41, 5.74) is 0.713. The van der Waals surface area contributed by atoms with Gasteiger partial charge in [-0.05, 0) is 19.8 Å². The summed E-state index contributed by atoms with van der Waals surface area (Å²) in [7, 11) is 0. The number of nitrogens with zero attached hydrogens (tertiary/aromatic N) is 2. The van der Waals surface area contributed by atoms with Crippen molar-refractivity contribution in [2.45, 2.75) is 57.7 Å². The molecule has 0 amide bonds. The van der Waals surface area contributed by atoms with E-state index in [4.69, 9.17) is 0 Å². The first-order valence-corrected chi connectivity index (χ1v) is 6.66. The van der Waals surface area contributed by atoms with E-state index in [9.17, 15) is 5.11 Å². The van der Waals surface area contributed by atoms with Crippen molar-refractivity contribution >= 4 is 0 Å². The van der Waals surface area contributed by atoms with E-state index in [2.05, 4.69) is 23.5 Å². The van der Waals surface area contributed by atoms with Crippen molar-refractivity contribution < 1.29 is 5.11 Å². The fourth-order valence-electron chi connectivity index (χ4n) is 2.50. The van der Waals surface area contributed by atoms with Crippen LogP contribution >= 0.6 is 0 Å². The Bertz CT molecular complexity index is 342. The second-order valence-corrected chi connectivity index (χ2v) is 5.09. The number of aromatic nitrogens is 2. The number of nitrogens with one attached hydrogen (secondary N) is 1. The smallest absolute Gasteiger partial charge is 0.0771 e. The van der Waals surface area contributed by atoms with Gasteiger partial charge in [-0.15, -0.1) is 0 Å². The fraction of sp³-hybridized carbons (Fsp3) is 0.769. The SMILES string of the molecule is CCn1cc(CNCC2(O)CCCCC2)cn1. The van der Waals surface area contributed by atoms with Crippen LogP contribution in [-0.2, 0) is 13.1 Å². The summed E-state index contributed by atoms with van der Waals surface area (Å²) in [6.07, 6.45) is 9.41. The second kappa shape index (κ2) is 5.65. The van der Waals surface area contributed by atoms with Gasteiger partial charge in [-0.1, -0.05) is 19.3 Å². The lowest BCUT2D eigenvalue weighted by molar-refractivity contribution is 0.00467. The molecule has 1 aromatic rings. The van der Waals surface area contributed by atoms with Gasteiger partial charge in [0.15, 0.2) is 0 Å². The summed E-state index contributed by atoms with van der Waals surface area (Å²) in [5, 5.41) is 17.9. The zero-order chi connectivity index (χ0) is 12.1. The Labute approximate surface area is 103 Å². The highest BCUT2D eigenvalue weighted by Gasteiger charge is 2.28. The van der Waals surface area contributed by atoms with Gasteiger partial charge in [-0.2, -0.15) is 5.10 Å². The Balaban J connectivity index is 1.74. The summed E-state index contributed by atoms with van der Waals surface area (Å²) in [6, 6.07) is 0. The highest BCUT2D eigenvalue weighted by atomic mass is 16.3. The normalized spacial score (nSPS) is 19.4. The van der Waals surface area contributed by atoms with Crippen molar-refractivity contribution in [1.29, 1.82) is 0 Å². The summed E-state index contributed by atoms with van der Waals surface area (Å²) in [4.78, 5) is 0. The highest BCUT2D eigenvalue weighted by Crippen LogP contribution is 2.27. The molecule has 1 fully saturated rings. The van der Waals surface area contributed by atoms with E-state index >= 15 is 0 Å². The first kappa shape index (κ1) is 12.6. The maximum Gasteiger partial charge on any atom is 0.0771 e. The van der Waals surface area contributed by atoms with Gasteiger partial charge in [-0.25, -0.2) is 0 Å². The van der Waals surface area contributed by atoms with Crippen molar-refractivity contribution in [3.63, 3.8) is 0 Å². The average Bonchev–Trinajstić information content (AvgIpc) is 2.78. The molecule has 0 unspecified atom stereocenters. The Hall–Kier alpha value is -0.870. The maximum atomic E-state index is 10.3. The third kappa shape index (κ3) is 3.54. The zero-order valence-electron chi connectivity index (χ0n) is 10.7. The molecular formula is C13H23N3O. The summed E-state index contributed by atoms with van der Waals surface area (Å²) in [5.74, 6) is 0.